The number of amides is 1. The monoisotopic (exact) mass is 390 g/mol. The molecule has 4 rings (SSSR count). The van der Waals surface area contributed by atoms with Crippen molar-refractivity contribution in [3.05, 3.63) is 45.1 Å². The lowest BCUT2D eigenvalue weighted by atomic mass is 9.90. The number of hydrogen-bond donors (Lipinski definition) is 1. The molecule has 0 saturated carbocycles. The molecule has 0 unspecified atom stereocenters. The van der Waals surface area contributed by atoms with Crippen molar-refractivity contribution in [2.75, 3.05) is 13.2 Å². The first-order valence-electron chi connectivity index (χ1n) is 8.52. The van der Waals surface area contributed by atoms with Gasteiger partial charge in [-0.1, -0.05) is 0 Å². The molecule has 1 saturated heterocycles. The van der Waals surface area contributed by atoms with Crippen LogP contribution in [-0.4, -0.2) is 29.8 Å². The molecule has 6 nitrogen and oxygen atoms in total. The van der Waals surface area contributed by atoms with Gasteiger partial charge in [-0.2, -0.15) is 0 Å². The van der Waals surface area contributed by atoms with E-state index in [2.05, 4.69) is 4.98 Å². The van der Waals surface area contributed by atoms with Crippen molar-refractivity contribution in [2.24, 2.45) is 5.73 Å². The molecule has 0 bridgehead atoms. The van der Waals surface area contributed by atoms with Crippen LogP contribution in [0.25, 0.3) is 11.0 Å². The minimum atomic E-state index is -1.49. The van der Waals surface area contributed by atoms with Crippen LogP contribution in [0.1, 0.15) is 31.6 Å². The van der Waals surface area contributed by atoms with Crippen LogP contribution in [0.2, 0.25) is 0 Å². The van der Waals surface area contributed by atoms with Gasteiger partial charge in [-0.05, 0) is 26.0 Å². The molecule has 142 valence electrons. The molecule has 1 fully saturated rings. The first-order chi connectivity index (χ1) is 12.9. The second-order valence-electron chi connectivity index (χ2n) is 6.77. The van der Waals surface area contributed by atoms with E-state index in [9.17, 15) is 9.18 Å². The maximum atomic E-state index is 14.9. The minimum Gasteiger partial charge on any atom is -0.488 e. The molecule has 3 heterocycles. The fourth-order valence-corrected chi connectivity index (χ4v) is 4.04. The molecule has 1 aliphatic rings. The van der Waals surface area contributed by atoms with Gasteiger partial charge in [-0.3, -0.25) is 4.79 Å². The molecular formula is C19H19FN2O4S. The van der Waals surface area contributed by atoms with E-state index >= 15 is 0 Å². The maximum Gasteiger partial charge on any atom is 0.252 e. The number of aromatic nitrogens is 1. The molecule has 2 aromatic heterocycles. The Hall–Kier alpha value is -2.45. The summed E-state index contributed by atoms with van der Waals surface area (Å²) < 4.78 is 31.6. The number of benzene rings is 1. The van der Waals surface area contributed by atoms with E-state index < -0.39 is 11.6 Å². The number of carbonyl (C=O) groups excluding carboxylic acids is 1. The summed E-state index contributed by atoms with van der Waals surface area (Å²) in [4.78, 5) is 17.2. The van der Waals surface area contributed by atoms with Gasteiger partial charge in [0.05, 0.1) is 28.7 Å². The fraction of sp³-hybridized carbons (Fsp3) is 0.368. The van der Waals surface area contributed by atoms with Crippen LogP contribution in [0.3, 0.4) is 0 Å². The number of nitrogens with zero attached hydrogens (tertiary/aromatic N) is 1. The molecule has 8 heteroatoms. The quantitative estimate of drug-likeness (QED) is 0.696. The lowest BCUT2D eigenvalue weighted by Gasteiger charge is -2.34. The average molecular weight is 390 g/mol. The Balaban J connectivity index is 1.79. The van der Waals surface area contributed by atoms with Gasteiger partial charge < -0.3 is 19.6 Å². The summed E-state index contributed by atoms with van der Waals surface area (Å²) in [6.07, 6.45) is 1.81. The second-order valence-corrected chi connectivity index (χ2v) is 8.09. The topological polar surface area (TPSA) is 87.6 Å². The zero-order valence-corrected chi connectivity index (χ0v) is 15.8. The molecule has 3 aromatic rings. The van der Waals surface area contributed by atoms with E-state index in [0.717, 1.165) is 9.88 Å². The Morgan fingerprint density at radius 2 is 2.19 bits per heavy atom. The molecule has 0 aliphatic carbocycles. The van der Waals surface area contributed by atoms with Gasteiger partial charge in [0, 0.05) is 23.6 Å². The lowest BCUT2D eigenvalue weighted by molar-refractivity contribution is -0.128. The summed E-state index contributed by atoms with van der Waals surface area (Å²) in [7, 11) is 0. The van der Waals surface area contributed by atoms with Crippen molar-refractivity contribution in [3.8, 4) is 5.75 Å². The third-order valence-corrected chi connectivity index (χ3v) is 5.48. The number of rotatable bonds is 6. The summed E-state index contributed by atoms with van der Waals surface area (Å²) in [5.41, 5.74) is 5.39. The van der Waals surface area contributed by atoms with Crippen molar-refractivity contribution in [3.63, 3.8) is 0 Å². The van der Waals surface area contributed by atoms with E-state index in [-0.39, 0.29) is 25.2 Å². The standard InChI is InChI=1S/C19H19FN2O4S/c1-10-16(18(21)23)17-13(5-19(20)8-24-9-19)14(3-4-15(17)26-10)25-7-12-6-22-11(2)27-12/h3-4,6H,5,7-9H2,1-2H3,(H2,21,23). The Kier molecular flexibility index (Phi) is 4.39. The molecule has 0 atom stereocenters. The normalized spacial score (nSPS) is 15.7. The number of aryl methyl sites for hydroxylation is 2. The second kappa shape index (κ2) is 6.61. The number of hydrogen-bond acceptors (Lipinski definition) is 6. The fourth-order valence-electron chi connectivity index (χ4n) is 3.33. The largest absolute Gasteiger partial charge is 0.488 e. The Morgan fingerprint density at radius 1 is 1.41 bits per heavy atom. The van der Waals surface area contributed by atoms with E-state index in [1.807, 2.05) is 6.92 Å². The highest BCUT2D eigenvalue weighted by Crippen LogP contribution is 2.39. The van der Waals surface area contributed by atoms with E-state index in [0.29, 0.717) is 34.6 Å². The molecule has 1 aliphatic heterocycles. The van der Waals surface area contributed by atoms with Crippen molar-refractivity contribution < 1.29 is 23.1 Å². The van der Waals surface area contributed by atoms with Gasteiger partial charge in [0.2, 0.25) is 0 Å². The number of ether oxygens (including phenoxy) is 2. The first-order valence-corrected chi connectivity index (χ1v) is 9.33. The number of fused-ring (bicyclic) bond motifs is 1. The van der Waals surface area contributed by atoms with E-state index in [1.165, 1.54) is 11.3 Å². The highest BCUT2D eigenvalue weighted by Gasteiger charge is 2.40. The number of furan rings is 1. The number of nitrogens with two attached hydrogens (primary N) is 1. The number of alkyl halides is 1. The van der Waals surface area contributed by atoms with Crippen LogP contribution < -0.4 is 10.5 Å². The zero-order chi connectivity index (χ0) is 19.2. The van der Waals surface area contributed by atoms with E-state index in [1.54, 1.807) is 25.3 Å². The van der Waals surface area contributed by atoms with E-state index in [4.69, 9.17) is 19.6 Å². The predicted octanol–water partition coefficient (Wildman–Crippen LogP) is 3.47. The Labute approximate surface area is 159 Å². The molecule has 0 spiro atoms. The SMILES string of the molecule is Cc1ncc(COc2ccc3oc(C)c(C(N)=O)c3c2CC2(F)COC2)s1. The number of halogens is 1. The van der Waals surface area contributed by atoms with Gasteiger partial charge >= 0.3 is 0 Å². The van der Waals surface area contributed by atoms with Crippen molar-refractivity contribution >= 4 is 28.2 Å². The van der Waals surface area contributed by atoms with Gasteiger partial charge in [-0.15, -0.1) is 11.3 Å². The molecular weight excluding hydrogens is 371 g/mol. The summed E-state index contributed by atoms with van der Waals surface area (Å²) in [6.45, 7) is 3.92. The van der Waals surface area contributed by atoms with Crippen molar-refractivity contribution in [2.45, 2.75) is 32.5 Å². The number of primary amides is 1. The zero-order valence-electron chi connectivity index (χ0n) is 15.0. The van der Waals surface area contributed by atoms with Crippen LogP contribution in [0.4, 0.5) is 4.39 Å². The lowest BCUT2D eigenvalue weighted by Crippen LogP contribution is -2.47. The highest BCUT2D eigenvalue weighted by atomic mass is 32.1. The Bertz CT molecular complexity index is 1020. The number of carbonyl (C=O) groups is 1. The molecule has 2 N–H and O–H groups in total. The summed E-state index contributed by atoms with van der Waals surface area (Å²) in [5.74, 6) is 0.299. The molecule has 27 heavy (non-hydrogen) atoms. The predicted molar refractivity (Wildman–Crippen MR) is 99.0 cm³/mol. The van der Waals surface area contributed by atoms with Crippen LogP contribution in [0, 0.1) is 13.8 Å². The van der Waals surface area contributed by atoms with Gasteiger partial charge in [0.1, 0.15) is 23.7 Å². The first kappa shape index (κ1) is 17.9. The smallest absolute Gasteiger partial charge is 0.252 e. The third kappa shape index (κ3) is 3.30. The van der Waals surface area contributed by atoms with Crippen LogP contribution in [-0.2, 0) is 17.8 Å². The van der Waals surface area contributed by atoms with Crippen LogP contribution >= 0.6 is 11.3 Å². The van der Waals surface area contributed by atoms with Gasteiger partial charge in [0.25, 0.3) is 5.91 Å². The summed E-state index contributed by atoms with van der Waals surface area (Å²) >= 11 is 1.53. The van der Waals surface area contributed by atoms with Gasteiger partial charge in [-0.25, -0.2) is 9.37 Å². The third-order valence-electron chi connectivity index (χ3n) is 4.60. The van der Waals surface area contributed by atoms with Crippen LogP contribution in [0.5, 0.6) is 5.75 Å². The van der Waals surface area contributed by atoms with Gasteiger partial charge in [0.15, 0.2) is 5.67 Å². The molecule has 0 radical (unpaired) electrons. The number of thiazole rings is 1. The average Bonchev–Trinajstić information content (AvgIpc) is 3.15. The molecule has 1 aromatic carbocycles. The highest BCUT2D eigenvalue weighted by molar-refractivity contribution is 7.11. The molecule has 1 amide bonds. The van der Waals surface area contributed by atoms with Crippen molar-refractivity contribution in [1.29, 1.82) is 0 Å². The maximum absolute atomic E-state index is 14.9. The minimum absolute atomic E-state index is 0.0135. The Morgan fingerprint density at radius 3 is 2.78 bits per heavy atom. The summed E-state index contributed by atoms with van der Waals surface area (Å²) in [6, 6.07) is 3.45. The van der Waals surface area contributed by atoms with Crippen molar-refractivity contribution in [1.82, 2.24) is 4.98 Å². The summed E-state index contributed by atoms with van der Waals surface area (Å²) in [5, 5.41) is 1.46. The van der Waals surface area contributed by atoms with Crippen LogP contribution in [0.15, 0.2) is 22.7 Å².